The van der Waals surface area contributed by atoms with E-state index < -0.39 is 0 Å². The molecule has 0 aromatic heterocycles. The number of ketones is 1. The van der Waals surface area contributed by atoms with Gasteiger partial charge in [0.15, 0.2) is 5.78 Å². The molecule has 0 spiro atoms. The van der Waals surface area contributed by atoms with Crippen LogP contribution in [0.5, 0.6) is 0 Å². The summed E-state index contributed by atoms with van der Waals surface area (Å²) in [4.78, 5) is 16.6. The second kappa shape index (κ2) is 7.29. The number of carbonyl (C=O) groups excluding carboxylic acids is 1. The average molecular weight is 309 g/mol. The molecule has 1 aliphatic heterocycles. The fourth-order valence-corrected chi connectivity index (χ4v) is 2.98. The number of rotatable bonds is 5. The lowest BCUT2D eigenvalue weighted by molar-refractivity contribution is 0.0993. The van der Waals surface area contributed by atoms with Gasteiger partial charge in [0.1, 0.15) is 0 Å². The molecule has 4 nitrogen and oxygen atoms in total. The van der Waals surface area contributed by atoms with Crippen molar-refractivity contribution in [2.24, 2.45) is 0 Å². The summed E-state index contributed by atoms with van der Waals surface area (Å²) in [7, 11) is 1.79. The fraction of sp³-hybridized carbons (Fsp3) is 0.316. The molecule has 1 heterocycles. The number of Topliss-reactive ketones (excluding diaryl/α,β-unsaturated/α-hetero) is 1. The van der Waals surface area contributed by atoms with E-state index in [9.17, 15) is 4.79 Å². The van der Waals surface area contributed by atoms with Crippen LogP contribution in [0.4, 0.5) is 11.4 Å². The van der Waals surface area contributed by atoms with Gasteiger partial charge in [-0.3, -0.25) is 4.79 Å². The third-order valence-corrected chi connectivity index (χ3v) is 4.29. The van der Waals surface area contributed by atoms with Crippen molar-refractivity contribution in [2.75, 3.05) is 49.6 Å². The molecular weight excluding hydrogens is 286 g/mol. The minimum absolute atomic E-state index is 0.132. The Morgan fingerprint density at radius 2 is 1.39 bits per heavy atom. The zero-order valence-electron chi connectivity index (χ0n) is 13.5. The average Bonchev–Trinajstić information content (AvgIpc) is 2.63. The second-order valence-corrected chi connectivity index (χ2v) is 5.81. The first kappa shape index (κ1) is 15.6. The van der Waals surface area contributed by atoms with Crippen molar-refractivity contribution < 1.29 is 4.79 Å². The second-order valence-electron chi connectivity index (χ2n) is 5.81. The highest BCUT2D eigenvalue weighted by molar-refractivity contribution is 5.97. The smallest absolute Gasteiger partial charge is 0.176 e. The Morgan fingerprint density at radius 1 is 0.870 bits per heavy atom. The molecule has 0 aliphatic carbocycles. The van der Waals surface area contributed by atoms with Gasteiger partial charge in [0.05, 0.1) is 6.54 Å². The largest absolute Gasteiger partial charge is 0.368 e. The molecule has 1 fully saturated rings. The molecule has 0 radical (unpaired) electrons. The zero-order valence-corrected chi connectivity index (χ0v) is 13.5. The third kappa shape index (κ3) is 3.71. The molecule has 0 amide bonds. The van der Waals surface area contributed by atoms with Crippen molar-refractivity contribution >= 4 is 17.2 Å². The van der Waals surface area contributed by atoms with Crippen LogP contribution in [-0.4, -0.2) is 45.6 Å². The quantitative estimate of drug-likeness (QED) is 0.861. The number of benzene rings is 2. The Hall–Kier alpha value is -2.33. The summed E-state index contributed by atoms with van der Waals surface area (Å²) in [6.07, 6.45) is 0. The van der Waals surface area contributed by atoms with E-state index in [1.54, 1.807) is 7.05 Å². The lowest BCUT2D eigenvalue weighted by Crippen LogP contribution is -2.46. The normalized spacial score (nSPS) is 14.8. The summed E-state index contributed by atoms with van der Waals surface area (Å²) in [6, 6.07) is 18.5. The number of likely N-dealkylation sites (N-methyl/N-ethyl adjacent to an activating group) is 1. The molecule has 2 aromatic rings. The Bertz CT molecular complexity index is 631. The lowest BCUT2D eigenvalue weighted by Gasteiger charge is -2.37. The van der Waals surface area contributed by atoms with Gasteiger partial charge in [0, 0.05) is 43.1 Å². The van der Waals surface area contributed by atoms with Crippen LogP contribution in [0, 0.1) is 0 Å². The van der Waals surface area contributed by atoms with Crippen LogP contribution in [-0.2, 0) is 0 Å². The SMILES string of the molecule is CNCC(=O)c1ccc(N2CCN(c3ccccc3)CC2)cc1. The highest BCUT2D eigenvalue weighted by atomic mass is 16.1. The summed E-state index contributed by atoms with van der Waals surface area (Å²) < 4.78 is 0. The standard InChI is InChI=1S/C19H23N3O/c1-20-15-19(23)16-7-9-18(10-8-16)22-13-11-21(12-14-22)17-5-3-2-4-6-17/h2-10,20H,11-15H2,1H3. The predicted octanol–water partition coefficient (Wildman–Crippen LogP) is 2.42. The van der Waals surface area contributed by atoms with E-state index in [2.05, 4.69) is 57.6 Å². The minimum Gasteiger partial charge on any atom is -0.368 e. The van der Waals surface area contributed by atoms with Gasteiger partial charge in [-0.15, -0.1) is 0 Å². The van der Waals surface area contributed by atoms with Crippen molar-refractivity contribution in [1.82, 2.24) is 5.32 Å². The van der Waals surface area contributed by atoms with E-state index >= 15 is 0 Å². The molecule has 0 bridgehead atoms. The van der Waals surface area contributed by atoms with E-state index in [1.165, 1.54) is 11.4 Å². The maximum atomic E-state index is 11.8. The number of hydrogen-bond acceptors (Lipinski definition) is 4. The van der Waals surface area contributed by atoms with Crippen molar-refractivity contribution in [3.63, 3.8) is 0 Å². The van der Waals surface area contributed by atoms with Gasteiger partial charge in [-0.25, -0.2) is 0 Å². The molecule has 1 aliphatic rings. The molecular formula is C19H23N3O. The molecule has 120 valence electrons. The first-order chi connectivity index (χ1) is 11.3. The number of anilines is 2. The minimum atomic E-state index is 0.132. The molecule has 2 aromatic carbocycles. The van der Waals surface area contributed by atoms with Gasteiger partial charge in [0.25, 0.3) is 0 Å². The van der Waals surface area contributed by atoms with Crippen molar-refractivity contribution in [1.29, 1.82) is 0 Å². The Morgan fingerprint density at radius 3 is 1.91 bits per heavy atom. The molecule has 0 saturated carbocycles. The maximum Gasteiger partial charge on any atom is 0.176 e. The predicted molar refractivity (Wildman–Crippen MR) is 95.6 cm³/mol. The van der Waals surface area contributed by atoms with Crippen LogP contribution in [0.15, 0.2) is 54.6 Å². The van der Waals surface area contributed by atoms with Gasteiger partial charge in [-0.05, 0) is 43.4 Å². The number of para-hydroxylation sites is 1. The number of piperazine rings is 1. The fourth-order valence-electron chi connectivity index (χ4n) is 2.98. The van der Waals surface area contributed by atoms with E-state index in [0.29, 0.717) is 6.54 Å². The highest BCUT2D eigenvalue weighted by Gasteiger charge is 2.17. The lowest BCUT2D eigenvalue weighted by atomic mass is 10.1. The summed E-state index contributed by atoms with van der Waals surface area (Å²) in [5, 5.41) is 2.90. The summed E-state index contributed by atoms with van der Waals surface area (Å²) >= 11 is 0. The van der Waals surface area contributed by atoms with Crippen LogP contribution < -0.4 is 15.1 Å². The van der Waals surface area contributed by atoms with E-state index in [1.807, 2.05) is 12.1 Å². The van der Waals surface area contributed by atoms with Crippen LogP contribution in [0.25, 0.3) is 0 Å². The van der Waals surface area contributed by atoms with Crippen LogP contribution in [0.3, 0.4) is 0 Å². The molecule has 0 atom stereocenters. The molecule has 4 heteroatoms. The summed E-state index contributed by atoms with van der Waals surface area (Å²) in [6.45, 7) is 4.42. The van der Waals surface area contributed by atoms with Crippen molar-refractivity contribution in [3.8, 4) is 0 Å². The topological polar surface area (TPSA) is 35.6 Å². The van der Waals surface area contributed by atoms with Gasteiger partial charge < -0.3 is 15.1 Å². The Kier molecular flexibility index (Phi) is 4.93. The van der Waals surface area contributed by atoms with Crippen LogP contribution in [0.2, 0.25) is 0 Å². The molecule has 1 saturated heterocycles. The van der Waals surface area contributed by atoms with E-state index in [4.69, 9.17) is 0 Å². The van der Waals surface area contributed by atoms with Crippen molar-refractivity contribution in [2.45, 2.75) is 0 Å². The van der Waals surface area contributed by atoms with Crippen LogP contribution >= 0.6 is 0 Å². The first-order valence-corrected chi connectivity index (χ1v) is 8.11. The Labute approximate surface area is 137 Å². The van der Waals surface area contributed by atoms with Crippen molar-refractivity contribution in [3.05, 3.63) is 60.2 Å². The summed E-state index contributed by atoms with van der Waals surface area (Å²) in [5.41, 5.74) is 3.25. The summed E-state index contributed by atoms with van der Waals surface area (Å²) in [5.74, 6) is 0.132. The Balaban J connectivity index is 1.60. The molecule has 23 heavy (non-hydrogen) atoms. The number of nitrogens with one attached hydrogen (secondary N) is 1. The molecule has 1 N–H and O–H groups in total. The third-order valence-electron chi connectivity index (χ3n) is 4.29. The van der Waals surface area contributed by atoms with Crippen LogP contribution in [0.1, 0.15) is 10.4 Å². The maximum absolute atomic E-state index is 11.8. The zero-order chi connectivity index (χ0) is 16.1. The number of nitrogens with zero attached hydrogens (tertiary/aromatic N) is 2. The van der Waals surface area contributed by atoms with Gasteiger partial charge in [-0.2, -0.15) is 0 Å². The highest BCUT2D eigenvalue weighted by Crippen LogP contribution is 2.20. The van der Waals surface area contributed by atoms with Gasteiger partial charge >= 0.3 is 0 Å². The van der Waals surface area contributed by atoms with E-state index in [-0.39, 0.29) is 5.78 Å². The molecule has 0 unspecified atom stereocenters. The monoisotopic (exact) mass is 309 g/mol. The van der Waals surface area contributed by atoms with E-state index in [0.717, 1.165) is 31.7 Å². The molecule has 3 rings (SSSR count). The first-order valence-electron chi connectivity index (χ1n) is 8.11. The number of carbonyl (C=O) groups is 1. The van der Waals surface area contributed by atoms with Gasteiger partial charge in [-0.1, -0.05) is 18.2 Å². The van der Waals surface area contributed by atoms with Gasteiger partial charge in [0.2, 0.25) is 0 Å². The number of hydrogen-bond donors (Lipinski definition) is 1.